The molecule has 8 heteroatoms. The fourth-order valence-corrected chi connectivity index (χ4v) is 4.04. The first-order chi connectivity index (χ1) is 14.6. The van der Waals surface area contributed by atoms with Crippen molar-refractivity contribution >= 4 is 17.6 Å². The van der Waals surface area contributed by atoms with Gasteiger partial charge in [-0.25, -0.2) is 18.7 Å². The number of halogens is 2. The third-order valence-corrected chi connectivity index (χ3v) is 5.72. The van der Waals surface area contributed by atoms with Crippen molar-refractivity contribution < 1.29 is 8.78 Å². The second-order valence-corrected chi connectivity index (χ2v) is 7.77. The number of rotatable bonds is 5. The van der Waals surface area contributed by atoms with E-state index in [2.05, 4.69) is 26.3 Å². The summed E-state index contributed by atoms with van der Waals surface area (Å²) < 4.78 is 26.6. The van der Waals surface area contributed by atoms with Crippen molar-refractivity contribution in [2.24, 2.45) is 0 Å². The van der Waals surface area contributed by atoms with Crippen molar-refractivity contribution in [1.82, 2.24) is 15.3 Å². The maximum absolute atomic E-state index is 13.4. The minimum atomic E-state index is -0.348. The highest BCUT2D eigenvalue weighted by Crippen LogP contribution is 2.32. The molecule has 0 unspecified atom stereocenters. The highest BCUT2D eigenvalue weighted by molar-refractivity contribution is 7.98. The average Bonchev–Trinajstić information content (AvgIpc) is 2.79. The largest absolute Gasteiger partial charge is 0.353 e. The van der Waals surface area contributed by atoms with Crippen molar-refractivity contribution in [3.05, 3.63) is 71.3 Å². The van der Waals surface area contributed by atoms with Crippen LogP contribution >= 0.6 is 11.8 Å². The van der Waals surface area contributed by atoms with E-state index < -0.39 is 0 Å². The lowest BCUT2D eigenvalue weighted by atomic mass is 10.1. The van der Waals surface area contributed by atoms with Crippen LogP contribution in [0.1, 0.15) is 11.1 Å². The van der Waals surface area contributed by atoms with Crippen molar-refractivity contribution in [1.29, 1.82) is 5.26 Å². The molecule has 1 aliphatic rings. The third-order valence-electron chi connectivity index (χ3n) is 4.80. The number of piperazine rings is 1. The molecule has 0 saturated carbocycles. The molecule has 4 rings (SSSR count). The van der Waals surface area contributed by atoms with Crippen LogP contribution < -0.4 is 10.2 Å². The van der Waals surface area contributed by atoms with E-state index in [1.165, 1.54) is 36.0 Å². The van der Waals surface area contributed by atoms with E-state index in [0.29, 0.717) is 33.5 Å². The van der Waals surface area contributed by atoms with Crippen molar-refractivity contribution in [3.63, 3.8) is 0 Å². The summed E-state index contributed by atoms with van der Waals surface area (Å²) in [7, 11) is 0. The number of anilines is 1. The predicted octanol–water partition coefficient (Wildman–Crippen LogP) is 4.00. The average molecular weight is 423 g/mol. The van der Waals surface area contributed by atoms with Crippen LogP contribution in [0.4, 0.5) is 14.6 Å². The Morgan fingerprint density at radius 3 is 2.23 bits per heavy atom. The van der Waals surface area contributed by atoms with Gasteiger partial charge < -0.3 is 10.2 Å². The molecule has 5 nitrogen and oxygen atoms in total. The van der Waals surface area contributed by atoms with Gasteiger partial charge in [0.25, 0.3) is 0 Å². The molecule has 1 fully saturated rings. The van der Waals surface area contributed by atoms with Crippen LogP contribution in [0.25, 0.3) is 11.3 Å². The Labute approximate surface area is 177 Å². The summed E-state index contributed by atoms with van der Waals surface area (Å²) in [6, 6.07) is 14.5. The third kappa shape index (κ3) is 4.58. The number of hydrogen-bond donors (Lipinski definition) is 1. The lowest BCUT2D eigenvalue weighted by molar-refractivity contribution is 0.582. The van der Waals surface area contributed by atoms with Crippen LogP contribution in [0.5, 0.6) is 0 Å². The van der Waals surface area contributed by atoms with Gasteiger partial charge in [-0.15, -0.1) is 0 Å². The monoisotopic (exact) mass is 423 g/mol. The smallest absolute Gasteiger partial charge is 0.190 e. The Morgan fingerprint density at radius 1 is 0.967 bits per heavy atom. The molecule has 30 heavy (non-hydrogen) atoms. The van der Waals surface area contributed by atoms with Crippen molar-refractivity contribution in [2.75, 3.05) is 31.1 Å². The number of nitrogens with one attached hydrogen (secondary N) is 1. The van der Waals surface area contributed by atoms with Gasteiger partial charge in [0.1, 0.15) is 23.3 Å². The van der Waals surface area contributed by atoms with Gasteiger partial charge in [-0.1, -0.05) is 23.9 Å². The van der Waals surface area contributed by atoms with Crippen LogP contribution in [0.3, 0.4) is 0 Å². The summed E-state index contributed by atoms with van der Waals surface area (Å²) in [5.74, 6) is 0.531. The number of nitrogens with zero attached hydrogens (tertiary/aromatic N) is 4. The van der Waals surface area contributed by atoms with Crippen LogP contribution in [-0.2, 0) is 5.75 Å². The number of benzene rings is 2. The Kier molecular flexibility index (Phi) is 6.21. The summed E-state index contributed by atoms with van der Waals surface area (Å²) in [5.41, 5.74) is 2.48. The van der Waals surface area contributed by atoms with Gasteiger partial charge in [-0.05, 0) is 42.0 Å². The summed E-state index contributed by atoms with van der Waals surface area (Å²) in [4.78, 5) is 11.4. The normalized spacial score (nSPS) is 13.8. The van der Waals surface area contributed by atoms with E-state index >= 15 is 0 Å². The molecule has 0 bridgehead atoms. The molecule has 1 N–H and O–H groups in total. The maximum Gasteiger partial charge on any atom is 0.190 e. The molecule has 152 valence electrons. The Bertz CT molecular complexity index is 1060. The molecule has 1 saturated heterocycles. The molecule has 2 aromatic carbocycles. The van der Waals surface area contributed by atoms with Crippen molar-refractivity contribution in [2.45, 2.75) is 10.9 Å². The van der Waals surface area contributed by atoms with Gasteiger partial charge in [0.2, 0.25) is 0 Å². The summed E-state index contributed by atoms with van der Waals surface area (Å²) in [6.45, 7) is 3.07. The fraction of sp³-hybridized carbons (Fsp3) is 0.227. The second-order valence-electron chi connectivity index (χ2n) is 6.82. The molecular weight excluding hydrogens is 404 g/mol. The van der Waals surface area contributed by atoms with Gasteiger partial charge in [0.15, 0.2) is 11.0 Å². The molecule has 3 aromatic rings. The minimum Gasteiger partial charge on any atom is -0.353 e. The summed E-state index contributed by atoms with van der Waals surface area (Å²) in [5, 5.41) is 13.7. The predicted molar refractivity (Wildman–Crippen MR) is 113 cm³/mol. The number of hydrogen-bond acceptors (Lipinski definition) is 6. The van der Waals surface area contributed by atoms with E-state index in [0.717, 1.165) is 31.7 Å². The first-order valence-corrected chi connectivity index (χ1v) is 10.5. The first kappa shape index (κ1) is 20.3. The Balaban J connectivity index is 1.73. The fourth-order valence-electron chi connectivity index (χ4n) is 3.25. The number of aromatic nitrogens is 2. The highest BCUT2D eigenvalue weighted by Gasteiger charge is 2.22. The van der Waals surface area contributed by atoms with Crippen LogP contribution in [0.2, 0.25) is 0 Å². The quantitative estimate of drug-likeness (QED) is 0.494. The zero-order valence-electron chi connectivity index (χ0n) is 16.1. The van der Waals surface area contributed by atoms with Crippen LogP contribution in [0, 0.1) is 23.0 Å². The number of nitriles is 1. The molecule has 2 heterocycles. The SMILES string of the molecule is N#Cc1c(-c2ccc(F)cc2)nc(SCc2ccc(F)cc2)nc1N1CCNCC1. The van der Waals surface area contributed by atoms with Crippen LogP contribution in [0.15, 0.2) is 53.7 Å². The molecule has 0 amide bonds. The summed E-state index contributed by atoms with van der Waals surface area (Å²) >= 11 is 1.42. The van der Waals surface area contributed by atoms with E-state index in [9.17, 15) is 14.0 Å². The number of thioether (sulfide) groups is 1. The molecule has 1 aromatic heterocycles. The van der Waals surface area contributed by atoms with Gasteiger partial charge in [0, 0.05) is 37.5 Å². The standard InChI is InChI=1S/C22H19F2N5S/c23-17-5-1-15(2-6-17)14-30-22-27-20(16-3-7-18(24)8-4-16)19(13-25)21(28-22)29-11-9-26-10-12-29/h1-8,26H,9-12,14H2. The molecular formula is C22H19F2N5S. The zero-order chi connectivity index (χ0) is 20.9. The summed E-state index contributed by atoms with van der Waals surface area (Å²) in [6.07, 6.45) is 0. The van der Waals surface area contributed by atoms with Crippen molar-refractivity contribution in [3.8, 4) is 17.3 Å². The highest BCUT2D eigenvalue weighted by atomic mass is 32.2. The molecule has 1 aliphatic heterocycles. The van der Waals surface area contributed by atoms with Gasteiger partial charge in [0.05, 0.1) is 5.69 Å². The van der Waals surface area contributed by atoms with Gasteiger partial charge in [-0.3, -0.25) is 0 Å². The Hall–Kier alpha value is -3.02. The van der Waals surface area contributed by atoms with E-state index in [-0.39, 0.29) is 11.6 Å². The maximum atomic E-state index is 13.4. The lowest BCUT2D eigenvalue weighted by Gasteiger charge is -2.29. The van der Waals surface area contributed by atoms with Crippen LogP contribution in [-0.4, -0.2) is 36.1 Å². The van der Waals surface area contributed by atoms with E-state index in [4.69, 9.17) is 0 Å². The van der Waals surface area contributed by atoms with Gasteiger partial charge in [-0.2, -0.15) is 5.26 Å². The zero-order valence-corrected chi connectivity index (χ0v) is 16.9. The molecule has 0 spiro atoms. The topological polar surface area (TPSA) is 64.8 Å². The lowest BCUT2D eigenvalue weighted by Crippen LogP contribution is -2.44. The first-order valence-electron chi connectivity index (χ1n) is 9.55. The Morgan fingerprint density at radius 2 is 1.60 bits per heavy atom. The van der Waals surface area contributed by atoms with E-state index in [1.807, 2.05) is 0 Å². The van der Waals surface area contributed by atoms with Gasteiger partial charge >= 0.3 is 0 Å². The second kappa shape index (κ2) is 9.20. The molecule has 0 atom stereocenters. The molecule has 0 aliphatic carbocycles. The molecule has 0 radical (unpaired) electrons. The van der Waals surface area contributed by atoms with E-state index in [1.54, 1.807) is 24.3 Å². The minimum absolute atomic E-state index is 0.280.